The zero-order valence-corrected chi connectivity index (χ0v) is 10.2. The highest BCUT2D eigenvalue weighted by Gasteiger charge is 2.19. The first-order valence-corrected chi connectivity index (χ1v) is 5.67. The summed E-state index contributed by atoms with van der Waals surface area (Å²) in [7, 11) is 0. The smallest absolute Gasteiger partial charge is 0.326 e. The highest BCUT2D eigenvalue weighted by atomic mass is 35.5. The van der Waals surface area contributed by atoms with Crippen molar-refractivity contribution in [2.75, 3.05) is 0 Å². The summed E-state index contributed by atoms with van der Waals surface area (Å²) in [4.78, 5) is 22.2. The molecule has 0 aliphatic carbocycles. The minimum atomic E-state index is -1.05. The van der Waals surface area contributed by atoms with Crippen LogP contribution < -0.4 is 5.32 Å². The van der Waals surface area contributed by atoms with E-state index >= 15 is 0 Å². The van der Waals surface area contributed by atoms with E-state index < -0.39 is 12.0 Å². The molecule has 1 aromatic carbocycles. The number of hydrogen-bond donors (Lipinski definition) is 2. The lowest BCUT2D eigenvalue weighted by Crippen LogP contribution is -2.42. The number of carboxylic acid groups (broad SMARTS) is 1. The van der Waals surface area contributed by atoms with Crippen LogP contribution in [0.25, 0.3) is 0 Å². The van der Waals surface area contributed by atoms with Gasteiger partial charge < -0.3 is 10.4 Å². The first-order valence-electron chi connectivity index (χ1n) is 5.29. The van der Waals surface area contributed by atoms with Crippen molar-refractivity contribution in [2.45, 2.75) is 25.8 Å². The minimum absolute atomic E-state index is 0.224. The van der Waals surface area contributed by atoms with Gasteiger partial charge >= 0.3 is 5.97 Å². The summed E-state index contributed by atoms with van der Waals surface area (Å²) in [5.74, 6) is -1.33. The highest BCUT2D eigenvalue weighted by Crippen LogP contribution is 2.12. The molecule has 1 amide bonds. The van der Waals surface area contributed by atoms with Gasteiger partial charge in [0, 0.05) is 17.9 Å². The number of carbonyl (C=O) groups is 2. The van der Waals surface area contributed by atoms with Crippen LogP contribution in [0.3, 0.4) is 0 Å². The van der Waals surface area contributed by atoms with E-state index in [1.807, 2.05) is 0 Å². The van der Waals surface area contributed by atoms with Gasteiger partial charge in [0.1, 0.15) is 6.04 Å². The van der Waals surface area contributed by atoms with E-state index in [2.05, 4.69) is 5.32 Å². The molecule has 0 bridgehead atoms. The van der Waals surface area contributed by atoms with E-state index in [4.69, 9.17) is 16.7 Å². The van der Waals surface area contributed by atoms with Crippen LogP contribution in [0.1, 0.15) is 18.9 Å². The summed E-state index contributed by atoms with van der Waals surface area (Å²) in [5, 5.41) is 12.0. The molecule has 5 heteroatoms. The van der Waals surface area contributed by atoms with Crippen molar-refractivity contribution in [3.63, 3.8) is 0 Å². The molecule has 1 aromatic rings. The minimum Gasteiger partial charge on any atom is -0.480 e. The number of amides is 1. The topological polar surface area (TPSA) is 66.4 Å². The van der Waals surface area contributed by atoms with Crippen LogP contribution in [-0.2, 0) is 16.0 Å². The molecule has 2 N–H and O–H groups in total. The van der Waals surface area contributed by atoms with E-state index in [1.165, 1.54) is 0 Å². The van der Waals surface area contributed by atoms with Gasteiger partial charge in [0.25, 0.3) is 0 Å². The molecule has 0 saturated heterocycles. The molecule has 0 spiro atoms. The summed E-state index contributed by atoms with van der Waals surface area (Å²) in [6, 6.07) is 6.01. The summed E-state index contributed by atoms with van der Waals surface area (Å²) in [5.41, 5.74) is 0.779. The second kappa shape index (κ2) is 6.25. The molecule has 0 saturated carbocycles. The maximum Gasteiger partial charge on any atom is 0.326 e. The normalized spacial score (nSPS) is 11.9. The van der Waals surface area contributed by atoms with Crippen LogP contribution in [0.4, 0.5) is 0 Å². The second-order valence-electron chi connectivity index (χ2n) is 3.65. The van der Waals surface area contributed by atoms with Gasteiger partial charge in [-0.1, -0.05) is 30.7 Å². The Morgan fingerprint density at radius 3 is 2.71 bits per heavy atom. The van der Waals surface area contributed by atoms with Gasteiger partial charge in [-0.3, -0.25) is 4.79 Å². The van der Waals surface area contributed by atoms with Crippen LogP contribution in [0.5, 0.6) is 0 Å². The number of nitrogens with one attached hydrogen (secondary N) is 1. The van der Waals surface area contributed by atoms with Gasteiger partial charge in [0.05, 0.1) is 0 Å². The molecule has 0 aliphatic rings. The van der Waals surface area contributed by atoms with Crippen molar-refractivity contribution >= 4 is 23.5 Å². The molecule has 0 aromatic heterocycles. The van der Waals surface area contributed by atoms with Crippen LogP contribution >= 0.6 is 11.6 Å². The van der Waals surface area contributed by atoms with Crippen molar-refractivity contribution in [2.24, 2.45) is 0 Å². The largest absolute Gasteiger partial charge is 0.480 e. The van der Waals surface area contributed by atoms with Crippen LogP contribution in [-0.4, -0.2) is 23.0 Å². The Kier molecular flexibility index (Phi) is 4.97. The third-order valence-corrected chi connectivity index (χ3v) is 2.52. The summed E-state index contributed by atoms with van der Waals surface area (Å²) in [6.45, 7) is 1.67. The average Bonchev–Trinajstić information content (AvgIpc) is 2.27. The van der Waals surface area contributed by atoms with Gasteiger partial charge in [0.2, 0.25) is 5.91 Å². The van der Waals surface area contributed by atoms with Crippen molar-refractivity contribution in [3.8, 4) is 0 Å². The Labute approximate surface area is 105 Å². The number of aliphatic carboxylic acids is 1. The Morgan fingerprint density at radius 1 is 1.47 bits per heavy atom. The first kappa shape index (κ1) is 13.5. The highest BCUT2D eigenvalue weighted by molar-refractivity contribution is 6.30. The third kappa shape index (κ3) is 4.44. The average molecular weight is 256 g/mol. The third-order valence-electron chi connectivity index (χ3n) is 2.28. The molecule has 0 unspecified atom stereocenters. The van der Waals surface area contributed by atoms with Crippen molar-refractivity contribution < 1.29 is 14.7 Å². The number of rotatable bonds is 5. The summed E-state index contributed by atoms with van der Waals surface area (Å²) >= 11 is 5.81. The lowest BCUT2D eigenvalue weighted by molar-refractivity contribution is -0.141. The molecular weight excluding hydrogens is 242 g/mol. The quantitative estimate of drug-likeness (QED) is 0.844. The molecule has 4 nitrogen and oxygen atoms in total. The van der Waals surface area contributed by atoms with Crippen molar-refractivity contribution in [1.29, 1.82) is 0 Å². The Bertz CT molecular complexity index is 420. The zero-order chi connectivity index (χ0) is 12.8. The van der Waals surface area contributed by atoms with Gasteiger partial charge in [0.15, 0.2) is 0 Å². The van der Waals surface area contributed by atoms with Gasteiger partial charge in [-0.2, -0.15) is 0 Å². The predicted octanol–water partition coefficient (Wildman–Crippen LogP) is 1.86. The van der Waals surface area contributed by atoms with Gasteiger partial charge in [-0.25, -0.2) is 4.79 Å². The fraction of sp³-hybridized carbons (Fsp3) is 0.333. The Morgan fingerprint density at radius 2 is 2.18 bits per heavy atom. The maximum absolute atomic E-state index is 11.2. The number of carboxylic acids is 1. The second-order valence-corrected chi connectivity index (χ2v) is 4.08. The molecular formula is C12H14ClNO3. The Hall–Kier alpha value is -1.55. The van der Waals surface area contributed by atoms with Crippen LogP contribution in [0, 0.1) is 0 Å². The lowest BCUT2D eigenvalue weighted by Gasteiger charge is -2.14. The van der Waals surface area contributed by atoms with E-state index in [0.717, 1.165) is 5.56 Å². The van der Waals surface area contributed by atoms with E-state index in [9.17, 15) is 9.59 Å². The number of carbonyl (C=O) groups excluding carboxylic acids is 1. The zero-order valence-electron chi connectivity index (χ0n) is 9.44. The molecule has 0 aliphatic heterocycles. The van der Waals surface area contributed by atoms with Gasteiger partial charge in [-0.05, 0) is 17.7 Å². The van der Waals surface area contributed by atoms with Crippen molar-refractivity contribution in [1.82, 2.24) is 5.32 Å². The first-order chi connectivity index (χ1) is 8.02. The molecule has 0 radical (unpaired) electrons. The molecule has 1 rings (SSSR count). The fourth-order valence-electron chi connectivity index (χ4n) is 1.40. The number of halogens is 1. The standard InChI is InChI=1S/C12H14ClNO3/c1-2-11(15)14-10(12(16)17)7-8-4-3-5-9(13)6-8/h3-6,10H,2,7H2,1H3,(H,14,15)(H,16,17)/t10-/m0/s1. The fourth-order valence-corrected chi connectivity index (χ4v) is 1.61. The van der Waals surface area contributed by atoms with E-state index in [1.54, 1.807) is 31.2 Å². The SMILES string of the molecule is CCC(=O)N[C@@H](Cc1cccc(Cl)c1)C(=O)O. The van der Waals surface area contributed by atoms with Crippen LogP contribution in [0.2, 0.25) is 5.02 Å². The van der Waals surface area contributed by atoms with Crippen LogP contribution in [0.15, 0.2) is 24.3 Å². The monoisotopic (exact) mass is 255 g/mol. The molecule has 17 heavy (non-hydrogen) atoms. The van der Waals surface area contributed by atoms with Crippen molar-refractivity contribution in [3.05, 3.63) is 34.9 Å². The van der Waals surface area contributed by atoms with Gasteiger partial charge in [-0.15, -0.1) is 0 Å². The molecule has 1 atom stereocenters. The number of hydrogen-bond acceptors (Lipinski definition) is 2. The number of benzene rings is 1. The predicted molar refractivity (Wildman–Crippen MR) is 65.0 cm³/mol. The lowest BCUT2D eigenvalue weighted by atomic mass is 10.1. The Balaban J connectivity index is 2.73. The molecule has 0 fully saturated rings. The molecule has 92 valence electrons. The summed E-state index contributed by atoms with van der Waals surface area (Å²) < 4.78 is 0. The maximum atomic E-state index is 11.2. The molecule has 0 heterocycles. The van der Waals surface area contributed by atoms with E-state index in [-0.39, 0.29) is 18.7 Å². The summed E-state index contributed by atoms with van der Waals surface area (Å²) in [6.07, 6.45) is 0.487. The van der Waals surface area contributed by atoms with E-state index in [0.29, 0.717) is 5.02 Å².